The molecule has 0 saturated carbocycles. The number of aromatic amines is 1. The Kier molecular flexibility index (Phi) is 5.13. The van der Waals surface area contributed by atoms with Crippen molar-refractivity contribution in [3.8, 4) is 11.3 Å². The van der Waals surface area contributed by atoms with Crippen LogP contribution in [0.5, 0.6) is 0 Å². The van der Waals surface area contributed by atoms with Gasteiger partial charge in [-0.3, -0.25) is 0 Å². The van der Waals surface area contributed by atoms with E-state index in [0.29, 0.717) is 0 Å². The van der Waals surface area contributed by atoms with Crippen LogP contribution in [-0.4, -0.2) is 21.6 Å². The fourth-order valence-corrected chi connectivity index (χ4v) is 2.22. The number of nitrogens with one attached hydrogen (secondary N) is 2. The van der Waals surface area contributed by atoms with Crippen LogP contribution in [0.2, 0.25) is 0 Å². The predicted molar refractivity (Wildman–Crippen MR) is 79.6 cm³/mol. The molecule has 0 amide bonds. The molecule has 0 aliphatic heterocycles. The minimum atomic E-state index is 0.0213. The lowest BCUT2D eigenvalue weighted by Crippen LogP contribution is -2.14. The molecule has 0 spiro atoms. The zero-order valence-corrected chi connectivity index (χ0v) is 12.5. The number of halogens is 1. The highest BCUT2D eigenvalue weighted by Crippen LogP contribution is 2.24. The molecule has 0 aliphatic rings. The number of aliphatic hydroxyl groups is 1. The Balaban J connectivity index is 2.13. The van der Waals surface area contributed by atoms with Crippen molar-refractivity contribution >= 4 is 15.9 Å². The summed E-state index contributed by atoms with van der Waals surface area (Å²) in [5, 5.41) is 12.6. The number of hydrogen-bond acceptors (Lipinski definition) is 3. The van der Waals surface area contributed by atoms with Gasteiger partial charge in [-0.05, 0) is 36.2 Å². The molecule has 0 aliphatic carbocycles. The first-order valence-electron chi connectivity index (χ1n) is 6.39. The van der Waals surface area contributed by atoms with E-state index in [-0.39, 0.29) is 6.61 Å². The molecular weight excluding hydrogens is 306 g/mol. The molecule has 0 fully saturated rings. The van der Waals surface area contributed by atoms with Crippen LogP contribution in [0.1, 0.15) is 24.7 Å². The number of hydrogen-bond donors (Lipinski definition) is 3. The maximum atomic E-state index is 9.27. The van der Waals surface area contributed by atoms with Crippen molar-refractivity contribution < 1.29 is 5.11 Å². The molecule has 102 valence electrons. The maximum Gasteiger partial charge on any atom is 0.120 e. The summed E-state index contributed by atoms with van der Waals surface area (Å²) in [7, 11) is 0. The van der Waals surface area contributed by atoms with Gasteiger partial charge >= 0.3 is 0 Å². The van der Waals surface area contributed by atoms with E-state index in [0.717, 1.165) is 46.6 Å². The van der Waals surface area contributed by atoms with Crippen LogP contribution in [0, 0.1) is 0 Å². The quantitative estimate of drug-likeness (QED) is 0.716. The number of aliphatic hydroxyl groups excluding tert-OH is 1. The van der Waals surface area contributed by atoms with Crippen LogP contribution in [0.3, 0.4) is 0 Å². The predicted octanol–water partition coefficient (Wildman–Crippen LogP) is 2.83. The Morgan fingerprint density at radius 3 is 3.00 bits per heavy atom. The SMILES string of the molecule is CCCNCc1ncc(-c2ccc(Br)c(CO)c2)[nH]1. The van der Waals surface area contributed by atoms with Gasteiger partial charge in [-0.2, -0.15) is 0 Å². The smallest absolute Gasteiger partial charge is 0.120 e. The molecular formula is C14H18BrN3O. The molecule has 5 heteroatoms. The second-order valence-corrected chi connectivity index (χ2v) is 5.24. The van der Waals surface area contributed by atoms with Gasteiger partial charge in [0.1, 0.15) is 5.82 Å². The van der Waals surface area contributed by atoms with E-state index >= 15 is 0 Å². The van der Waals surface area contributed by atoms with Gasteiger partial charge in [-0.1, -0.05) is 28.9 Å². The minimum Gasteiger partial charge on any atom is -0.392 e. The standard InChI is InChI=1S/C14H18BrN3O/c1-2-5-16-8-14-17-7-13(18-14)10-3-4-12(15)11(6-10)9-19/h3-4,6-7,16,19H,2,5,8-9H2,1H3,(H,17,18). The summed E-state index contributed by atoms with van der Waals surface area (Å²) in [5.41, 5.74) is 2.87. The molecule has 2 aromatic rings. The molecule has 0 atom stereocenters. The number of aromatic nitrogens is 2. The molecule has 0 bridgehead atoms. The fourth-order valence-electron chi connectivity index (χ4n) is 1.85. The first-order valence-corrected chi connectivity index (χ1v) is 7.18. The van der Waals surface area contributed by atoms with Crippen LogP contribution in [0.15, 0.2) is 28.9 Å². The number of imidazole rings is 1. The molecule has 3 N–H and O–H groups in total. The zero-order valence-electron chi connectivity index (χ0n) is 10.9. The monoisotopic (exact) mass is 323 g/mol. The van der Waals surface area contributed by atoms with Crippen LogP contribution >= 0.6 is 15.9 Å². The van der Waals surface area contributed by atoms with E-state index in [1.54, 1.807) is 0 Å². The van der Waals surface area contributed by atoms with Crippen LogP contribution in [0.4, 0.5) is 0 Å². The van der Waals surface area contributed by atoms with E-state index in [4.69, 9.17) is 0 Å². The second kappa shape index (κ2) is 6.84. The highest BCUT2D eigenvalue weighted by atomic mass is 79.9. The third kappa shape index (κ3) is 3.65. The summed E-state index contributed by atoms with van der Waals surface area (Å²) in [4.78, 5) is 7.64. The molecule has 19 heavy (non-hydrogen) atoms. The third-order valence-electron chi connectivity index (χ3n) is 2.87. The van der Waals surface area contributed by atoms with Crippen LogP contribution in [0.25, 0.3) is 11.3 Å². The lowest BCUT2D eigenvalue weighted by molar-refractivity contribution is 0.281. The summed E-state index contributed by atoms with van der Waals surface area (Å²) < 4.78 is 0.920. The summed E-state index contributed by atoms with van der Waals surface area (Å²) >= 11 is 3.41. The Hall–Kier alpha value is -1.17. The summed E-state index contributed by atoms with van der Waals surface area (Å²) in [6.45, 7) is 3.90. The van der Waals surface area contributed by atoms with Gasteiger partial charge < -0.3 is 15.4 Å². The summed E-state index contributed by atoms with van der Waals surface area (Å²) in [6, 6.07) is 5.90. The van der Waals surface area contributed by atoms with E-state index in [2.05, 4.69) is 38.1 Å². The summed E-state index contributed by atoms with van der Waals surface area (Å²) in [6.07, 6.45) is 2.94. The summed E-state index contributed by atoms with van der Waals surface area (Å²) in [5.74, 6) is 0.928. The average Bonchev–Trinajstić information content (AvgIpc) is 2.88. The molecule has 0 radical (unpaired) electrons. The molecule has 1 heterocycles. The lowest BCUT2D eigenvalue weighted by atomic mass is 10.1. The van der Waals surface area contributed by atoms with E-state index in [1.165, 1.54) is 0 Å². The highest BCUT2D eigenvalue weighted by molar-refractivity contribution is 9.10. The van der Waals surface area contributed by atoms with Gasteiger partial charge in [0.05, 0.1) is 25.0 Å². The van der Waals surface area contributed by atoms with Gasteiger partial charge in [-0.25, -0.2) is 4.98 Å². The van der Waals surface area contributed by atoms with Gasteiger partial charge in [-0.15, -0.1) is 0 Å². The minimum absolute atomic E-state index is 0.0213. The maximum absolute atomic E-state index is 9.27. The largest absolute Gasteiger partial charge is 0.392 e. The molecule has 1 aromatic carbocycles. The van der Waals surface area contributed by atoms with Gasteiger partial charge in [0.2, 0.25) is 0 Å². The average molecular weight is 324 g/mol. The van der Waals surface area contributed by atoms with Gasteiger partial charge in [0, 0.05) is 4.47 Å². The topological polar surface area (TPSA) is 60.9 Å². The van der Waals surface area contributed by atoms with Crippen molar-refractivity contribution in [1.29, 1.82) is 0 Å². The van der Waals surface area contributed by atoms with Crippen molar-refractivity contribution in [3.63, 3.8) is 0 Å². The van der Waals surface area contributed by atoms with E-state index in [1.807, 2.05) is 24.4 Å². The molecule has 4 nitrogen and oxygen atoms in total. The van der Waals surface area contributed by atoms with E-state index in [9.17, 15) is 5.11 Å². The Bertz CT molecular complexity index is 539. The van der Waals surface area contributed by atoms with Gasteiger partial charge in [0.25, 0.3) is 0 Å². The Morgan fingerprint density at radius 2 is 2.26 bits per heavy atom. The Morgan fingerprint density at radius 1 is 1.42 bits per heavy atom. The van der Waals surface area contributed by atoms with Crippen molar-refractivity contribution in [1.82, 2.24) is 15.3 Å². The second-order valence-electron chi connectivity index (χ2n) is 4.38. The van der Waals surface area contributed by atoms with Crippen molar-refractivity contribution in [2.24, 2.45) is 0 Å². The third-order valence-corrected chi connectivity index (χ3v) is 3.65. The van der Waals surface area contributed by atoms with Crippen molar-refractivity contribution in [2.45, 2.75) is 26.5 Å². The highest BCUT2D eigenvalue weighted by Gasteiger charge is 2.06. The Labute approximate surface area is 121 Å². The first-order chi connectivity index (χ1) is 9.24. The molecule has 2 rings (SSSR count). The number of nitrogens with zero attached hydrogens (tertiary/aromatic N) is 1. The first kappa shape index (κ1) is 14.2. The van der Waals surface area contributed by atoms with E-state index < -0.39 is 0 Å². The number of rotatable bonds is 6. The normalized spacial score (nSPS) is 10.9. The number of benzene rings is 1. The van der Waals surface area contributed by atoms with Crippen LogP contribution in [-0.2, 0) is 13.2 Å². The van der Waals surface area contributed by atoms with Crippen LogP contribution < -0.4 is 5.32 Å². The lowest BCUT2D eigenvalue weighted by Gasteiger charge is -2.04. The fraction of sp³-hybridized carbons (Fsp3) is 0.357. The van der Waals surface area contributed by atoms with Gasteiger partial charge in [0.15, 0.2) is 0 Å². The van der Waals surface area contributed by atoms with Crippen molar-refractivity contribution in [3.05, 3.63) is 40.3 Å². The van der Waals surface area contributed by atoms with Crippen molar-refractivity contribution in [2.75, 3.05) is 6.54 Å². The molecule has 1 aromatic heterocycles. The molecule has 0 unspecified atom stereocenters. The molecule has 0 saturated heterocycles. The number of H-pyrrole nitrogens is 1. The zero-order chi connectivity index (χ0) is 13.7.